The molecule has 10 nitrogen and oxygen atoms in total. The lowest BCUT2D eigenvalue weighted by molar-refractivity contribution is 0.256. The monoisotopic (exact) mass is 576 g/mol. The first-order valence-electron chi connectivity index (χ1n) is 13.1. The van der Waals surface area contributed by atoms with Crippen molar-refractivity contribution in [2.45, 2.75) is 18.1 Å². The summed E-state index contributed by atoms with van der Waals surface area (Å²) in [6.07, 6.45) is 3.41. The number of ether oxygens (including phenoxy) is 1. The lowest BCUT2D eigenvalue weighted by Crippen LogP contribution is -2.32. The highest BCUT2D eigenvalue weighted by molar-refractivity contribution is 8.14. The van der Waals surface area contributed by atoms with Gasteiger partial charge in [-0.05, 0) is 63.3 Å². The average molecular weight is 577 g/mol. The first-order chi connectivity index (χ1) is 19.5. The van der Waals surface area contributed by atoms with Crippen LogP contribution in [0.15, 0.2) is 65.9 Å². The zero-order chi connectivity index (χ0) is 27.7. The molecular formula is C28H32N8O2S2. The maximum Gasteiger partial charge on any atom is 0.325 e. The molecule has 0 aliphatic carbocycles. The second-order valence-corrected chi connectivity index (χ2v) is 11.7. The molecule has 3 N–H and O–H groups in total. The molecule has 1 aliphatic rings. The highest BCUT2D eigenvalue weighted by Crippen LogP contribution is 2.32. The molecule has 5 rings (SSSR count). The number of thiazole rings is 1. The molecule has 0 bridgehead atoms. The zero-order valence-corrected chi connectivity index (χ0v) is 24.1. The van der Waals surface area contributed by atoms with E-state index in [-0.39, 0.29) is 11.3 Å². The summed E-state index contributed by atoms with van der Waals surface area (Å²) in [5.74, 6) is 1.58. The number of para-hydroxylation sites is 1. The molecule has 0 saturated carbocycles. The fourth-order valence-corrected chi connectivity index (χ4v) is 5.95. The van der Waals surface area contributed by atoms with Gasteiger partial charge in [0.2, 0.25) is 0 Å². The van der Waals surface area contributed by atoms with E-state index in [9.17, 15) is 4.79 Å². The molecule has 4 aromatic rings. The highest BCUT2D eigenvalue weighted by Gasteiger charge is 2.21. The molecule has 2 aromatic heterocycles. The number of amidine groups is 1. The van der Waals surface area contributed by atoms with E-state index in [2.05, 4.69) is 49.9 Å². The van der Waals surface area contributed by atoms with Gasteiger partial charge in [0.05, 0.1) is 13.2 Å². The van der Waals surface area contributed by atoms with Crippen molar-refractivity contribution in [3.05, 3.63) is 60.9 Å². The predicted octanol–water partition coefficient (Wildman–Crippen LogP) is 5.18. The van der Waals surface area contributed by atoms with Crippen LogP contribution < -0.4 is 20.7 Å². The summed E-state index contributed by atoms with van der Waals surface area (Å²) in [6, 6.07) is 17.1. The Balaban J connectivity index is 1.10. The number of rotatable bonds is 11. The fraction of sp³-hybridized carbons (Fsp3) is 0.321. The number of aliphatic imine (C=N–C) groups is 1. The van der Waals surface area contributed by atoms with E-state index < -0.39 is 0 Å². The number of nitrogens with one attached hydrogen (secondary N) is 3. The average Bonchev–Trinajstić information content (AvgIpc) is 3.59. The number of amides is 2. The number of nitrogens with zero attached hydrogens (tertiary/aromatic N) is 5. The molecule has 1 aliphatic heterocycles. The summed E-state index contributed by atoms with van der Waals surface area (Å²) >= 11 is 3.12. The Kier molecular flexibility index (Phi) is 9.42. The quantitative estimate of drug-likeness (QED) is 0.209. The molecular weight excluding hydrogens is 544 g/mol. The number of carbonyl (C=O) groups excluding carboxylic acids is 1. The fourth-order valence-electron chi connectivity index (χ4n) is 4.04. The van der Waals surface area contributed by atoms with Gasteiger partial charge in [0.1, 0.15) is 27.4 Å². The Labute approximate surface area is 241 Å². The van der Waals surface area contributed by atoms with Crippen molar-refractivity contribution in [2.75, 3.05) is 51.0 Å². The molecule has 1 atom stereocenters. The van der Waals surface area contributed by atoms with Crippen molar-refractivity contribution < 1.29 is 9.53 Å². The molecule has 1 unspecified atom stereocenters. The van der Waals surface area contributed by atoms with Gasteiger partial charge in [0.15, 0.2) is 11.0 Å². The van der Waals surface area contributed by atoms with Crippen molar-refractivity contribution in [1.29, 1.82) is 0 Å². The van der Waals surface area contributed by atoms with E-state index in [0.29, 0.717) is 24.9 Å². The molecule has 208 valence electrons. The third-order valence-corrected chi connectivity index (χ3v) is 8.23. The summed E-state index contributed by atoms with van der Waals surface area (Å²) in [4.78, 5) is 33.4. The maximum absolute atomic E-state index is 12.2. The Morgan fingerprint density at radius 1 is 1.07 bits per heavy atom. The molecule has 12 heteroatoms. The Morgan fingerprint density at radius 2 is 1.90 bits per heavy atom. The van der Waals surface area contributed by atoms with Crippen LogP contribution in [0.4, 0.5) is 16.3 Å². The third-order valence-electron chi connectivity index (χ3n) is 6.04. The minimum atomic E-state index is -0.291. The molecule has 2 aromatic carbocycles. The van der Waals surface area contributed by atoms with Crippen LogP contribution in [0.25, 0.3) is 20.9 Å². The van der Waals surface area contributed by atoms with Crippen molar-refractivity contribution in [3.8, 4) is 16.3 Å². The van der Waals surface area contributed by atoms with Gasteiger partial charge in [0, 0.05) is 29.6 Å². The topological polar surface area (TPSA) is 117 Å². The van der Waals surface area contributed by atoms with Crippen LogP contribution in [-0.4, -0.2) is 76.6 Å². The van der Waals surface area contributed by atoms with E-state index >= 15 is 0 Å². The number of hydrogen-bond acceptors (Lipinski definition) is 10. The molecule has 2 amide bonds. The van der Waals surface area contributed by atoms with Gasteiger partial charge in [-0.1, -0.05) is 41.3 Å². The molecule has 0 saturated heterocycles. The smallest absolute Gasteiger partial charge is 0.325 e. The number of aromatic nitrogens is 3. The normalized spacial score (nSPS) is 14.8. The van der Waals surface area contributed by atoms with Gasteiger partial charge < -0.3 is 20.3 Å². The number of anilines is 2. The molecule has 3 heterocycles. The summed E-state index contributed by atoms with van der Waals surface area (Å²) in [6.45, 7) is 3.05. The third kappa shape index (κ3) is 7.68. The van der Waals surface area contributed by atoms with E-state index in [4.69, 9.17) is 9.72 Å². The lowest BCUT2D eigenvalue weighted by Gasteiger charge is -2.10. The van der Waals surface area contributed by atoms with Crippen molar-refractivity contribution in [3.63, 3.8) is 0 Å². The van der Waals surface area contributed by atoms with Gasteiger partial charge in [0.25, 0.3) is 0 Å². The molecule has 0 spiro atoms. The van der Waals surface area contributed by atoms with Gasteiger partial charge in [-0.2, -0.15) is 0 Å². The van der Waals surface area contributed by atoms with Crippen LogP contribution in [0.5, 0.6) is 5.75 Å². The van der Waals surface area contributed by atoms with E-state index in [1.54, 1.807) is 29.4 Å². The largest absolute Gasteiger partial charge is 0.494 e. The SMILES string of the molecule is CN(C)CCCOc1ccc(-c2nc3c(NCCC4CN=C(NC(=O)Nc5ccccc5)S4)ncnc3s2)cc1. The number of carbonyl (C=O) groups is 1. The number of urea groups is 1. The van der Waals surface area contributed by atoms with Gasteiger partial charge in [-0.25, -0.2) is 19.7 Å². The second-order valence-electron chi connectivity index (χ2n) is 9.47. The summed E-state index contributed by atoms with van der Waals surface area (Å²) < 4.78 is 5.85. The highest BCUT2D eigenvalue weighted by atomic mass is 32.2. The van der Waals surface area contributed by atoms with Gasteiger partial charge >= 0.3 is 6.03 Å². The Bertz CT molecular complexity index is 1440. The van der Waals surface area contributed by atoms with Crippen LogP contribution >= 0.6 is 23.1 Å². The number of thioether (sulfide) groups is 1. The Hall–Kier alpha value is -3.74. The lowest BCUT2D eigenvalue weighted by atomic mass is 10.2. The van der Waals surface area contributed by atoms with Gasteiger partial charge in [-0.3, -0.25) is 10.3 Å². The standard InChI is InChI=1S/C28H32N8O2S2/c1-36(2)15-6-16-38-21-11-9-19(10-12-21)25-34-23-24(31-18-32-26(23)40-25)29-14-13-22-17-30-28(39-22)35-27(37)33-20-7-4-3-5-8-20/h3-5,7-12,18,22H,6,13-17H2,1-2H3,(H,29,31,32)(H2,30,33,35,37). The van der Waals surface area contributed by atoms with Crippen LogP contribution in [0.1, 0.15) is 12.8 Å². The van der Waals surface area contributed by atoms with Crippen LogP contribution in [0.2, 0.25) is 0 Å². The minimum Gasteiger partial charge on any atom is -0.494 e. The summed E-state index contributed by atoms with van der Waals surface area (Å²) in [7, 11) is 4.12. The minimum absolute atomic E-state index is 0.270. The van der Waals surface area contributed by atoms with Crippen LogP contribution in [0, 0.1) is 0 Å². The summed E-state index contributed by atoms with van der Waals surface area (Å²) in [5, 5.41) is 10.9. The van der Waals surface area contributed by atoms with Crippen molar-refractivity contribution >= 4 is 56.1 Å². The van der Waals surface area contributed by atoms with Crippen LogP contribution in [0.3, 0.4) is 0 Å². The van der Waals surface area contributed by atoms with Gasteiger partial charge in [-0.15, -0.1) is 0 Å². The van der Waals surface area contributed by atoms with Crippen molar-refractivity contribution in [2.24, 2.45) is 4.99 Å². The maximum atomic E-state index is 12.2. The van der Waals surface area contributed by atoms with Crippen molar-refractivity contribution in [1.82, 2.24) is 25.2 Å². The van der Waals surface area contributed by atoms with E-state index in [1.807, 2.05) is 54.6 Å². The number of hydrogen-bond donors (Lipinski definition) is 3. The molecule has 40 heavy (non-hydrogen) atoms. The number of benzene rings is 2. The molecule has 0 fully saturated rings. The van der Waals surface area contributed by atoms with E-state index in [1.165, 1.54) is 0 Å². The molecule has 0 radical (unpaired) electrons. The van der Waals surface area contributed by atoms with Crippen LogP contribution in [-0.2, 0) is 0 Å². The van der Waals surface area contributed by atoms with E-state index in [0.717, 1.165) is 57.6 Å². The first kappa shape index (κ1) is 27.8. The Morgan fingerprint density at radius 3 is 2.70 bits per heavy atom. The first-order valence-corrected chi connectivity index (χ1v) is 14.8. The number of fused-ring (bicyclic) bond motifs is 1. The summed E-state index contributed by atoms with van der Waals surface area (Å²) in [5.41, 5.74) is 2.52. The predicted molar refractivity (Wildman–Crippen MR) is 165 cm³/mol. The second kappa shape index (κ2) is 13.6. The zero-order valence-electron chi connectivity index (χ0n) is 22.5.